The van der Waals surface area contributed by atoms with E-state index in [0.717, 1.165) is 47.1 Å². The Morgan fingerprint density at radius 1 is 0.912 bits per heavy atom. The molecule has 4 rings (SSSR count). The minimum Gasteiger partial charge on any atom is -0.482 e. The number of rotatable bonds is 9. The Balaban J connectivity index is 1.47. The van der Waals surface area contributed by atoms with Gasteiger partial charge in [-0.15, -0.1) is 0 Å². The van der Waals surface area contributed by atoms with Crippen LogP contribution in [0.25, 0.3) is 22.1 Å². The summed E-state index contributed by atoms with van der Waals surface area (Å²) in [5.41, 5.74) is 4.03. The van der Waals surface area contributed by atoms with E-state index in [1.807, 2.05) is 60.7 Å². The second kappa shape index (κ2) is 10.7. The lowest BCUT2D eigenvalue weighted by Gasteiger charge is -2.09. The fourth-order valence-corrected chi connectivity index (χ4v) is 3.74. The van der Waals surface area contributed by atoms with Crippen LogP contribution in [0.4, 0.5) is 5.69 Å². The van der Waals surface area contributed by atoms with Gasteiger partial charge in [0.2, 0.25) is 0 Å². The molecule has 0 bridgehead atoms. The highest BCUT2D eigenvalue weighted by atomic mass is 16.6. The van der Waals surface area contributed by atoms with Crippen LogP contribution in [0.5, 0.6) is 5.75 Å². The molecule has 0 unspecified atom stereocenters. The lowest BCUT2D eigenvalue weighted by molar-refractivity contribution is -0.142. The topological polar surface area (TPSA) is 77.8 Å². The number of furan rings is 1. The van der Waals surface area contributed by atoms with Gasteiger partial charge < -0.3 is 19.2 Å². The molecule has 0 spiro atoms. The Morgan fingerprint density at radius 2 is 1.59 bits per heavy atom. The second-order valence-electron chi connectivity index (χ2n) is 7.92. The van der Waals surface area contributed by atoms with E-state index in [1.165, 1.54) is 7.11 Å². The van der Waals surface area contributed by atoms with Gasteiger partial charge in [0.05, 0.1) is 12.7 Å². The van der Waals surface area contributed by atoms with E-state index < -0.39 is 5.97 Å². The first-order valence-electron chi connectivity index (χ1n) is 11.3. The SMILES string of the molecule is CCCCc1oc2ccccc2c1C(=O)Nc1ccc(-c2ccc(OCC(=O)OC)cc2)cc1. The fourth-order valence-electron chi connectivity index (χ4n) is 3.74. The lowest BCUT2D eigenvalue weighted by atomic mass is 10.0. The van der Waals surface area contributed by atoms with Crippen molar-refractivity contribution in [3.63, 3.8) is 0 Å². The molecule has 0 fully saturated rings. The first-order chi connectivity index (χ1) is 16.6. The maximum atomic E-state index is 13.2. The molecule has 0 atom stereocenters. The van der Waals surface area contributed by atoms with Gasteiger partial charge in [-0.05, 0) is 47.9 Å². The van der Waals surface area contributed by atoms with Crippen LogP contribution in [0.3, 0.4) is 0 Å². The molecule has 0 radical (unpaired) electrons. The molecule has 6 heteroatoms. The second-order valence-corrected chi connectivity index (χ2v) is 7.92. The zero-order chi connectivity index (χ0) is 23.9. The first-order valence-corrected chi connectivity index (χ1v) is 11.3. The third-order valence-electron chi connectivity index (χ3n) is 5.57. The number of fused-ring (bicyclic) bond motifs is 1. The summed E-state index contributed by atoms with van der Waals surface area (Å²) in [7, 11) is 1.32. The quantitative estimate of drug-likeness (QED) is 0.301. The van der Waals surface area contributed by atoms with Crippen LogP contribution in [0.1, 0.15) is 35.9 Å². The maximum absolute atomic E-state index is 13.2. The Hall–Kier alpha value is -4.06. The molecule has 4 aromatic rings. The van der Waals surface area contributed by atoms with Crippen LogP contribution < -0.4 is 10.1 Å². The Bertz CT molecular complexity index is 1270. The van der Waals surface area contributed by atoms with Gasteiger partial charge in [0.25, 0.3) is 5.91 Å². The summed E-state index contributed by atoms with van der Waals surface area (Å²) >= 11 is 0. The minimum atomic E-state index is -0.428. The molecule has 0 aliphatic rings. The van der Waals surface area contributed by atoms with Crippen LogP contribution in [0.2, 0.25) is 0 Å². The van der Waals surface area contributed by atoms with E-state index in [4.69, 9.17) is 9.15 Å². The predicted molar refractivity (Wildman–Crippen MR) is 132 cm³/mol. The van der Waals surface area contributed by atoms with Crippen LogP contribution in [-0.2, 0) is 16.0 Å². The average molecular weight is 458 g/mol. The highest BCUT2D eigenvalue weighted by Gasteiger charge is 2.20. The Morgan fingerprint density at radius 3 is 2.26 bits per heavy atom. The van der Waals surface area contributed by atoms with Crippen molar-refractivity contribution in [3.8, 4) is 16.9 Å². The zero-order valence-corrected chi connectivity index (χ0v) is 19.3. The fraction of sp³-hybridized carbons (Fsp3) is 0.214. The maximum Gasteiger partial charge on any atom is 0.343 e. The van der Waals surface area contributed by atoms with Crippen molar-refractivity contribution < 1.29 is 23.5 Å². The van der Waals surface area contributed by atoms with Gasteiger partial charge in [0, 0.05) is 17.5 Å². The van der Waals surface area contributed by atoms with E-state index in [-0.39, 0.29) is 12.5 Å². The number of hydrogen-bond acceptors (Lipinski definition) is 5. The van der Waals surface area contributed by atoms with E-state index in [0.29, 0.717) is 17.0 Å². The number of para-hydroxylation sites is 1. The van der Waals surface area contributed by atoms with Gasteiger partial charge in [-0.3, -0.25) is 4.79 Å². The molecule has 3 aromatic carbocycles. The molecule has 1 aromatic heterocycles. The Kier molecular flexibility index (Phi) is 7.28. The molecule has 6 nitrogen and oxygen atoms in total. The summed E-state index contributed by atoms with van der Waals surface area (Å²) < 4.78 is 15.9. The van der Waals surface area contributed by atoms with E-state index in [9.17, 15) is 9.59 Å². The van der Waals surface area contributed by atoms with Crippen LogP contribution in [-0.4, -0.2) is 25.6 Å². The molecule has 174 valence electrons. The molecule has 0 aliphatic heterocycles. The van der Waals surface area contributed by atoms with E-state index in [2.05, 4.69) is 17.0 Å². The van der Waals surface area contributed by atoms with Crippen molar-refractivity contribution in [2.24, 2.45) is 0 Å². The molecule has 0 saturated heterocycles. The third kappa shape index (κ3) is 5.29. The van der Waals surface area contributed by atoms with Crippen molar-refractivity contribution in [1.82, 2.24) is 0 Å². The number of anilines is 1. The summed E-state index contributed by atoms with van der Waals surface area (Å²) in [5, 5.41) is 3.84. The van der Waals surface area contributed by atoms with Crippen LogP contribution in [0.15, 0.2) is 77.2 Å². The largest absolute Gasteiger partial charge is 0.482 e. The molecule has 0 saturated carbocycles. The van der Waals surface area contributed by atoms with Gasteiger partial charge in [0.1, 0.15) is 17.1 Å². The highest BCUT2D eigenvalue weighted by molar-refractivity contribution is 6.13. The van der Waals surface area contributed by atoms with Crippen molar-refractivity contribution in [2.75, 3.05) is 19.0 Å². The Labute approximate surface area is 198 Å². The summed E-state index contributed by atoms with van der Waals surface area (Å²) in [6.07, 6.45) is 2.71. The number of amides is 1. The van der Waals surface area contributed by atoms with E-state index >= 15 is 0 Å². The number of nitrogens with one attached hydrogen (secondary N) is 1. The van der Waals surface area contributed by atoms with Crippen LogP contribution >= 0.6 is 0 Å². The third-order valence-corrected chi connectivity index (χ3v) is 5.57. The molecule has 34 heavy (non-hydrogen) atoms. The average Bonchev–Trinajstić information content (AvgIpc) is 3.25. The number of hydrogen-bond donors (Lipinski definition) is 1. The number of ether oxygens (including phenoxy) is 2. The van der Waals surface area contributed by atoms with Crippen molar-refractivity contribution in [3.05, 3.63) is 84.1 Å². The molecule has 1 amide bonds. The number of benzene rings is 3. The molecule has 0 aliphatic carbocycles. The van der Waals surface area contributed by atoms with Crippen molar-refractivity contribution >= 4 is 28.5 Å². The van der Waals surface area contributed by atoms with Crippen LogP contribution in [0, 0.1) is 0 Å². The molecule has 1 heterocycles. The summed E-state index contributed by atoms with van der Waals surface area (Å²) in [5.74, 6) is 0.717. The number of carbonyl (C=O) groups excluding carboxylic acids is 2. The highest BCUT2D eigenvalue weighted by Crippen LogP contribution is 2.29. The summed E-state index contributed by atoms with van der Waals surface area (Å²) in [4.78, 5) is 24.4. The van der Waals surface area contributed by atoms with Gasteiger partial charge in [-0.1, -0.05) is 55.8 Å². The van der Waals surface area contributed by atoms with Crippen molar-refractivity contribution in [2.45, 2.75) is 26.2 Å². The normalized spacial score (nSPS) is 10.8. The zero-order valence-electron chi connectivity index (χ0n) is 19.3. The molecular formula is C28H27NO5. The van der Waals surface area contributed by atoms with Gasteiger partial charge in [0.15, 0.2) is 6.61 Å². The number of methoxy groups -OCH3 is 1. The minimum absolute atomic E-state index is 0.129. The molecule has 1 N–H and O–H groups in total. The van der Waals surface area contributed by atoms with Gasteiger partial charge in [-0.2, -0.15) is 0 Å². The predicted octanol–water partition coefficient (Wildman–Crippen LogP) is 6.25. The smallest absolute Gasteiger partial charge is 0.343 e. The monoisotopic (exact) mass is 457 g/mol. The number of carbonyl (C=O) groups is 2. The lowest BCUT2D eigenvalue weighted by Crippen LogP contribution is -2.13. The number of esters is 1. The van der Waals surface area contributed by atoms with E-state index in [1.54, 1.807) is 12.1 Å². The van der Waals surface area contributed by atoms with Crippen molar-refractivity contribution in [1.29, 1.82) is 0 Å². The summed E-state index contributed by atoms with van der Waals surface area (Å²) in [6.45, 7) is 1.99. The first kappa shape index (κ1) is 23.1. The number of unbranched alkanes of at least 4 members (excludes halogenated alkanes) is 1. The number of aryl methyl sites for hydroxylation is 1. The molecular weight excluding hydrogens is 430 g/mol. The van der Waals surface area contributed by atoms with Gasteiger partial charge in [-0.25, -0.2) is 4.79 Å². The van der Waals surface area contributed by atoms with Gasteiger partial charge >= 0.3 is 5.97 Å². The summed E-state index contributed by atoms with van der Waals surface area (Å²) in [6, 6.07) is 22.7. The standard InChI is InChI=1S/C28H27NO5/c1-3-4-8-25-27(23-7-5-6-9-24(23)34-25)28(31)29-21-14-10-19(11-15-21)20-12-16-22(17-13-20)33-18-26(30)32-2/h5-7,9-17H,3-4,8,18H2,1-2H3,(H,29,31).